The Hall–Kier alpha value is -2.19. The van der Waals surface area contributed by atoms with Gasteiger partial charge >= 0.3 is 11.9 Å². The van der Waals surface area contributed by atoms with Gasteiger partial charge in [0.05, 0.1) is 4.90 Å². The average Bonchev–Trinajstić information content (AvgIpc) is 2.70. The summed E-state index contributed by atoms with van der Waals surface area (Å²) >= 11 is 0. The molecule has 0 radical (unpaired) electrons. The highest BCUT2D eigenvalue weighted by molar-refractivity contribution is 7.89. The Morgan fingerprint density at radius 1 is 1.19 bits per heavy atom. The number of ether oxygens (including phenoxy) is 1. The van der Waals surface area contributed by atoms with E-state index < -0.39 is 22.0 Å². The molecule has 3 aliphatic rings. The summed E-state index contributed by atoms with van der Waals surface area (Å²) in [6.45, 7) is 5.74. The van der Waals surface area contributed by atoms with Crippen LogP contribution in [-0.4, -0.2) is 31.5 Å². The number of unbranched alkanes of at least 4 members (excludes halogenated alkanes) is 1. The molecule has 0 heterocycles. The molecule has 3 aliphatic carbocycles. The minimum Gasteiger partial charge on any atom is -0.481 e. The molecule has 2 bridgehead atoms. The molecule has 0 aliphatic heterocycles. The van der Waals surface area contributed by atoms with Gasteiger partial charge < -0.3 is 9.84 Å². The van der Waals surface area contributed by atoms with Gasteiger partial charge in [-0.25, -0.2) is 13.1 Å². The van der Waals surface area contributed by atoms with Crippen molar-refractivity contribution >= 4 is 22.0 Å². The minimum atomic E-state index is -3.73. The zero-order valence-electron chi connectivity index (χ0n) is 18.9. The Bertz CT molecular complexity index is 967. The van der Waals surface area contributed by atoms with Crippen LogP contribution in [0.4, 0.5) is 0 Å². The molecule has 3 fully saturated rings. The van der Waals surface area contributed by atoms with E-state index in [4.69, 9.17) is 9.84 Å². The molecule has 1 aromatic carbocycles. The van der Waals surface area contributed by atoms with Gasteiger partial charge in [-0.05, 0) is 79.5 Å². The first-order valence-electron chi connectivity index (χ1n) is 11.2. The number of hydrogen-bond donors (Lipinski definition) is 2. The lowest BCUT2D eigenvalue weighted by Gasteiger charge is -2.62. The second kappa shape index (κ2) is 9.75. The summed E-state index contributed by atoms with van der Waals surface area (Å²) in [6, 6.07) is 5.72. The summed E-state index contributed by atoms with van der Waals surface area (Å²) in [4.78, 5) is 21.9. The summed E-state index contributed by atoms with van der Waals surface area (Å²) in [5, 5.41) is 8.74. The molecular weight excluding hydrogens is 430 g/mol. The number of carbonyl (C=O) groups is 2. The molecule has 4 unspecified atom stereocenters. The van der Waals surface area contributed by atoms with Gasteiger partial charge in [0.25, 0.3) is 0 Å². The van der Waals surface area contributed by atoms with Crippen molar-refractivity contribution in [2.75, 3.05) is 0 Å². The highest BCUT2D eigenvalue weighted by atomic mass is 32.2. The van der Waals surface area contributed by atoms with Crippen molar-refractivity contribution in [2.24, 2.45) is 23.2 Å². The fourth-order valence-electron chi connectivity index (χ4n) is 5.19. The molecule has 32 heavy (non-hydrogen) atoms. The molecule has 1 aromatic rings. The van der Waals surface area contributed by atoms with Gasteiger partial charge in [-0.1, -0.05) is 26.0 Å². The first-order chi connectivity index (χ1) is 15.0. The number of carboxylic acid groups (broad SMARTS) is 1. The van der Waals surface area contributed by atoms with Gasteiger partial charge in [-0.2, -0.15) is 0 Å². The first kappa shape index (κ1) is 24.5. The van der Waals surface area contributed by atoms with Crippen molar-refractivity contribution in [2.45, 2.75) is 70.2 Å². The number of nitrogens with one attached hydrogen (secondary N) is 1. The van der Waals surface area contributed by atoms with E-state index in [-0.39, 0.29) is 34.6 Å². The highest BCUT2D eigenvalue weighted by Crippen LogP contribution is 2.61. The summed E-state index contributed by atoms with van der Waals surface area (Å²) < 4.78 is 34.3. The number of rotatable bonds is 10. The highest BCUT2D eigenvalue weighted by Gasteiger charge is 2.58. The molecule has 2 N–H and O–H groups in total. The van der Waals surface area contributed by atoms with Crippen LogP contribution in [0, 0.1) is 23.2 Å². The van der Waals surface area contributed by atoms with Crippen LogP contribution in [0.3, 0.4) is 0 Å². The van der Waals surface area contributed by atoms with Crippen LogP contribution >= 0.6 is 0 Å². The second-order valence-electron chi connectivity index (χ2n) is 9.56. The summed E-state index contributed by atoms with van der Waals surface area (Å²) in [7, 11) is -3.73. The van der Waals surface area contributed by atoms with Crippen LogP contribution < -0.4 is 9.46 Å². The van der Waals surface area contributed by atoms with Crippen molar-refractivity contribution in [1.29, 1.82) is 0 Å². The Balaban J connectivity index is 1.69. The quantitative estimate of drug-likeness (QED) is 0.234. The predicted molar refractivity (Wildman–Crippen MR) is 121 cm³/mol. The van der Waals surface area contributed by atoms with E-state index in [1.165, 1.54) is 31.2 Å². The zero-order chi connectivity index (χ0) is 23.5. The van der Waals surface area contributed by atoms with Gasteiger partial charge in [0.1, 0.15) is 5.75 Å². The van der Waals surface area contributed by atoms with E-state index in [0.717, 1.165) is 19.3 Å². The van der Waals surface area contributed by atoms with Gasteiger partial charge in [0.15, 0.2) is 0 Å². The lowest BCUT2D eigenvalue weighted by atomic mass is 9.45. The lowest BCUT2D eigenvalue weighted by molar-refractivity contribution is -0.137. The van der Waals surface area contributed by atoms with Crippen LogP contribution in [0.1, 0.15) is 59.3 Å². The smallest absolute Gasteiger partial charge is 0.308 e. The Labute approximate surface area is 190 Å². The number of aliphatic carboxylic acids is 1. The molecule has 8 heteroatoms. The monoisotopic (exact) mass is 463 g/mol. The number of sulfonamides is 1. The topological polar surface area (TPSA) is 110 Å². The Morgan fingerprint density at radius 3 is 2.47 bits per heavy atom. The summed E-state index contributed by atoms with van der Waals surface area (Å²) in [5.74, 6) is 0.147. The van der Waals surface area contributed by atoms with Crippen LogP contribution in [0.25, 0.3) is 0 Å². The third kappa shape index (κ3) is 5.59. The molecule has 3 saturated carbocycles. The van der Waals surface area contributed by atoms with Crippen LogP contribution in [0.5, 0.6) is 5.75 Å². The Kier molecular flexibility index (Phi) is 7.45. The van der Waals surface area contributed by atoms with E-state index in [1.54, 1.807) is 0 Å². The van der Waals surface area contributed by atoms with E-state index in [1.807, 2.05) is 6.08 Å². The number of benzene rings is 1. The summed E-state index contributed by atoms with van der Waals surface area (Å²) in [5.41, 5.74) is 0.105. The molecule has 4 rings (SSSR count). The van der Waals surface area contributed by atoms with Crippen molar-refractivity contribution in [3.05, 3.63) is 36.4 Å². The number of hydrogen-bond acceptors (Lipinski definition) is 5. The minimum absolute atomic E-state index is 0.105. The normalized spacial score (nSPS) is 26.5. The average molecular weight is 464 g/mol. The molecule has 7 nitrogen and oxygen atoms in total. The van der Waals surface area contributed by atoms with E-state index >= 15 is 0 Å². The van der Waals surface area contributed by atoms with Gasteiger partial charge in [0, 0.05) is 19.4 Å². The van der Waals surface area contributed by atoms with Crippen LogP contribution in [0.2, 0.25) is 0 Å². The first-order valence-corrected chi connectivity index (χ1v) is 12.7. The van der Waals surface area contributed by atoms with Crippen molar-refractivity contribution < 1.29 is 27.9 Å². The molecular formula is C24H33NO6S. The zero-order valence-corrected chi connectivity index (χ0v) is 19.7. The van der Waals surface area contributed by atoms with Gasteiger partial charge in [0.2, 0.25) is 10.0 Å². The fraction of sp³-hybridized carbons (Fsp3) is 0.583. The van der Waals surface area contributed by atoms with E-state index in [9.17, 15) is 18.0 Å². The number of carboxylic acids is 1. The van der Waals surface area contributed by atoms with Crippen molar-refractivity contribution in [3.8, 4) is 5.75 Å². The molecule has 0 amide bonds. The SMILES string of the molecule is CC(=O)Oc1ccc(S(=O)(=O)NC2C(CC=CCCCC(=O)O)CC3CC2C3(C)C)cc1. The van der Waals surface area contributed by atoms with Crippen LogP contribution in [0.15, 0.2) is 41.3 Å². The Morgan fingerprint density at radius 2 is 1.88 bits per heavy atom. The van der Waals surface area contributed by atoms with Gasteiger partial charge in [-0.3, -0.25) is 9.59 Å². The number of carbonyl (C=O) groups excluding carboxylic acids is 1. The number of fused-ring (bicyclic) bond motifs is 2. The standard InChI is InChI=1S/C24H33NO6S/c1-16(26)31-19-10-12-20(13-11-19)32(29,30)25-23-17(8-6-4-5-7-9-22(27)28)14-18-15-21(23)24(18,2)3/h4,6,10-13,17-18,21,23,25H,5,7-9,14-15H2,1-3H3,(H,27,28). The second-order valence-corrected chi connectivity index (χ2v) is 11.3. The molecule has 4 atom stereocenters. The predicted octanol–water partition coefficient (Wildman–Crippen LogP) is 4.14. The van der Waals surface area contributed by atoms with Crippen LogP contribution in [-0.2, 0) is 19.6 Å². The number of esters is 1. The third-order valence-electron chi connectivity index (χ3n) is 7.13. The van der Waals surface area contributed by atoms with E-state index in [0.29, 0.717) is 24.5 Å². The number of allylic oxidation sites excluding steroid dienone is 2. The van der Waals surface area contributed by atoms with Gasteiger partial charge in [-0.15, -0.1) is 0 Å². The summed E-state index contributed by atoms with van der Waals surface area (Å²) in [6.07, 6.45) is 8.33. The fourth-order valence-corrected chi connectivity index (χ4v) is 6.53. The van der Waals surface area contributed by atoms with E-state index in [2.05, 4.69) is 24.6 Å². The van der Waals surface area contributed by atoms with Crippen molar-refractivity contribution in [3.63, 3.8) is 0 Å². The molecule has 0 aromatic heterocycles. The molecule has 176 valence electrons. The lowest BCUT2D eigenvalue weighted by Crippen LogP contribution is -2.63. The third-order valence-corrected chi connectivity index (χ3v) is 8.60. The maximum Gasteiger partial charge on any atom is 0.308 e. The largest absolute Gasteiger partial charge is 0.481 e. The molecule has 0 saturated heterocycles. The maximum atomic E-state index is 13.1. The molecule has 0 spiro atoms. The van der Waals surface area contributed by atoms with Crippen molar-refractivity contribution in [1.82, 2.24) is 4.72 Å². The maximum absolute atomic E-state index is 13.1.